The standard InChI is InChI=1S/C22H25NO4/c1-3-27-21-11-5-17(16-22(21)25-2)4-10-20(24)18-6-8-19(9-7-18)23-12-14-26-15-13-23/h4-11,16H,3,12-15H2,1-2H3. The second kappa shape index (κ2) is 9.24. The second-order valence-corrected chi connectivity index (χ2v) is 6.19. The zero-order valence-electron chi connectivity index (χ0n) is 15.8. The van der Waals surface area contributed by atoms with Gasteiger partial charge in [-0.1, -0.05) is 12.1 Å². The smallest absolute Gasteiger partial charge is 0.185 e. The van der Waals surface area contributed by atoms with Gasteiger partial charge in [0, 0.05) is 24.3 Å². The topological polar surface area (TPSA) is 48.0 Å². The fourth-order valence-corrected chi connectivity index (χ4v) is 2.99. The van der Waals surface area contributed by atoms with E-state index >= 15 is 0 Å². The fourth-order valence-electron chi connectivity index (χ4n) is 2.99. The van der Waals surface area contributed by atoms with Crippen LogP contribution >= 0.6 is 0 Å². The number of methoxy groups -OCH3 is 1. The van der Waals surface area contributed by atoms with Gasteiger partial charge in [0.15, 0.2) is 17.3 Å². The molecule has 2 aromatic rings. The van der Waals surface area contributed by atoms with Gasteiger partial charge in [-0.05, 0) is 55.0 Å². The van der Waals surface area contributed by atoms with Gasteiger partial charge in [-0.15, -0.1) is 0 Å². The molecule has 0 N–H and O–H groups in total. The van der Waals surface area contributed by atoms with Gasteiger partial charge in [-0.3, -0.25) is 4.79 Å². The summed E-state index contributed by atoms with van der Waals surface area (Å²) in [7, 11) is 1.60. The lowest BCUT2D eigenvalue weighted by Gasteiger charge is -2.28. The molecule has 0 spiro atoms. The van der Waals surface area contributed by atoms with E-state index in [1.54, 1.807) is 19.3 Å². The highest BCUT2D eigenvalue weighted by Crippen LogP contribution is 2.28. The van der Waals surface area contributed by atoms with Gasteiger partial charge >= 0.3 is 0 Å². The molecular weight excluding hydrogens is 342 g/mol. The highest BCUT2D eigenvalue weighted by atomic mass is 16.5. The van der Waals surface area contributed by atoms with E-state index in [2.05, 4.69) is 4.90 Å². The van der Waals surface area contributed by atoms with Crippen LogP contribution < -0.4 is 14.4 Å². The summed E-state index contributed by atoms with van der Waals surface area (Å²) in [6.07, 6.45) is 3.37. The van der Waals surface area contributed by atoms with Crippen molar-refractivity contribution in [3.05, 3.63) is 59.7 Å². The van der Waals surface area contributed by atoms with Gasteiger partial charge in [0.05, 0.1) is 26.9 Å². The van der Waals surface area contributed by atoms with Crippen molar-refractivity contribution in [3.8, 4) is 11.5 Å². The predicted octanol–water partition coefficient (Wildman–Crippen LogP) is 3.83. The number of carbonyl (C=O) groups is 1. The molecule has 0 bridgehead atoms. The average Bonchev–Trinajstić information content (AvgIpc) is 2.73. The molecule has 2 aromatic carbocycles. The lowest BCUT2D eigenvalue weighted by atomic mass is 10.1. The number of benzene rings is 2. The van der Waals surface area contributed by atoms with Gasteiger partial charge in [0.2, 0.25) is 0 Å². The summed E-state index contributed by atoms with van der Waals surface area (Å²) in [4.78, 5) is 14.7. The van der Waals surface area contributed by atoms with Crippen LogP contribution in [0, 0.1) is 0 Å². The van der Waals surface area contributed by atoms with Crippen molar-refractivity contribution in [3.63, 3.8) is 0 Å². The molecule has 0 amide bonds. The minimum absolute atomic E-state index is 0.0311. The number of hydrogen-bond acceptors (Lipinski definition) is 5. The van der Waals surface area contributed by atoms with Crippen LogP contribution in [-0.4, -0.2) is 45.8 Å². The molecule has 5 nitrogen and oxygen atoms in total. The van der Waals surface area contributed by atoms with Crippen LogP contribution in [0.3, 0.4) is 0 Å². The Morgan fingerprint density at radius 2 is 1.85 bits per heavy atom. The van der Waals surface area contributed by atoms with Crippen molar-refractivity contribution >= 4 is 17.5 Å². The molecule has 1 saturated heterocycles. The van der Waals surface area contributed by atoms with Gasteiger partial charge < -0.3 is 19.1 Å². The Bertz CT molecular complexity index is 792. The van der Waals surface area contributed by atoms with Crippen molar-refractivity contribution in [2.45, 2.75) is 6.92 Å². The Labute approximate surface area is 160 Å². The van der Waals surface area contributed by atoms with Gasteiger partial charge in [-0.25, -0.2) is 0 Å². The Morgan fingerprint density at radius 1 is 1.11 bits per heavy atom. The minimum Gasteiger partial charge on any atom is -0.493 e. The van der Waals surface area contributed by atoms with Crippen molar-refractivity contribution in [1.82, 2.24) is 0 Å². The maximum Gasteiger partial charge on any atom is 0.185 e. The average molecular weight is 367 g/mol. The van der Waals surface area contributed by atoms with E-state index in [-0.39, 0.29) is 5.78 Å². The first kappa shape index (κ1) is 19.0. The van der Waals surface area contributed by atoms with Crippen molar-refractivity contribution in [2.24, 2.45) is 0 Å². The normalized spacial score (nSPS) is 14.4. The van der Waals surface area contributed by atoms with E-state index < -0.39 is 0 Å². The summed E-state index contributed by atoms with van der Waals surface area (Å²) in [5.41, 5.74) is 2.67. The van der Waals surface area contributed by atoms with Crippen LogP contribution in [0.1, 0.15) is 22.8 Å². The highest BCUT2D eigenvalue weighted by molar-refractivity contribution is 6.07. The van der Waals surface area contributed by atoms with Crippen molar-refractivity contribution in [2.75, 3.05) is 44.9 Å². The first-order chi connectivity index (χ1) is 13.2. The number of anilines is 1. The number of ether oxygens (including phenoxy) is 3. The molecule has 0 aromatic heterocycles. The molecule has 0 aliphatic carbocycles. The summed E-state index contributed by atoms with van der Waals surface area (Å²) >= 11 is 0. The quantitative estimate of drug-likeness (QED) is 0.550. The Morgan fingerprint density at radius 3 is 2.52 bits per heavy atom. The van der Waals surface area contributed by atoms with E-state index in [0.29, 0.717) is 23.7 Å². The van der Waals surface area contributed by atoms with E-state index in [4.69, 9.17) is 14.2 Å². The third kappa shape index (κ3) is 4.89. The van der Waals surface area contributed by atoms with Crippen LogP contribution in [0.5, 0.6) is 11.5 Å². The zero-order chi connectivity index (χ0) is 19.1. The fraction of sp³-hybridized carbons (Fsp3) is 0.318. The zero-order valence-corrected chi connectivity index (χ0v) is 15.8. The van der Waals surface area contributed by atoms with Gasteiger partial charge in [0.1, 0.15) is 0 Å². The summed E-state index contributed by atoms with van der Waals surface area (Å²) in [6, 6.07) is 13.3. The second-order valence-electron chi connectivity index (χ2n) is 6.19. The van der Waals surface area contributed by atoms with E-state index in [9.17, 15) is 4.79 Å². The van der Waals surface area contributed by atoms with Crippen molar-refractivity contribution in [1.29, 1.82) is 0 Å². The van der Waals surface area contributed by atoms with Crippen LogP contribution in [0.4, 0.5) is 5.69 Å². The summed E-state index contributed by atoms with van der Waals surface area (Å²) in [6.45, 7) is 5.75. The Kier molecular flexibility index (Phi) is 6.49. The molecule has 3 rings (SSSR count). The third-order valence-electron chi connectivity index (χ3n) is 4.44. The number of morpholine rings is 1. The van der Waals surface area contributed by atoms with Crippen LogP contribution in [-0.2, 0) is 4.74 Å². The summed E-state index contributed by atoms with van der Waals surface area (Å²) in [5, 5.41) is 0. The third-order valence-corrected chi connectivity index (χ3v) is 4.44. The van der Waals surface area contributed by atoms with Crippen molar-refractivity contribution < 1.29 is 19.0 Å². The number of ketones is 1. The Hall–Kier alpha value is -2.79. The SMILES string of the molecule is CCOc1ccc(C=CC(=O)c2ccc(N3CCOCC3)cc2)cc1OC. The molecule has 1 fully saturated rings. The molecule has 1 aliphatic heterocycles. The van der Waals surface area contributed by atoms with E-state index in [1.165, 1.54) is 0 Å². The van der Waals surface area contributed by atoms with E-state index in [1.807, 2.05) is 49.4 Å². The molecule has 142 valence electrons. The largest absolute Gasteiger partial charge is 0.493 e. The molecule has 0 atom stereocenters. The van der Waals surface area contributed by atoms with Crippen LogP contribution in [0.15, 0.2) is 48.5 Å². The lowest BCUT2D eigenvalue weighted by Crippen LogP contribution is -2.36. The molecule has 5 heteroatoms. The molecule has 1 heterocycles. The monoisotopic (exact) mass is 367 g/mol. The number of carbonyl (C=O) groups excluding carboxylic acids is 1. The van der Waals surface area contributed by atoms with Gasteiger partial charge in [0.25, 0.3) is 0 Å². The molecule has 27 heavy (non-hydrogen) atoms. The number of allylic oxidation sites excluding steroid dienone is 1. The predicted molar refractivity (Wildman–Crippen MR) is 107 cm³/mol. The number of nitrogens with zero attached hydrogens (tertiary/aromatic N) is 1. The molecule has 0 radical (unpaired) electrons. The molecule has 1 aliphatic rings. The number of rotatable bonds is 7. The maximum atomic E-state index is 12.5. The molecular formula is C22H25NO4. The number of hydrogen-bond donors (Lipinski definition) is 0. The molecule has 0 unspecified atom stereocenters. The Balaban J connectivity index is 1.67. The van der Waals surface area contributed by atoms with Gasteiger partial charge in [-0.2, -0.15) is 0 Å². The maximum absolute atomic E-state index is 12.5. The first-order valence-corrected chi connectivity index (χ1v) is 9.17. The van der Waals surface area contributed by atoms with Crippen LogP contribution in [0.2, 0.25) is 0 Å². The highest BCUT2D eigenvalue weighted by Gasteiger charge is 2.11. The summed E-state index contributed by atoms with van der Waals surface area (Å²) < 4.78 is 16.2. The summed E-state index contributed by atoms with van der Waals surface area (Å²) in [5.74, 6) is 1.32. The minimum atomic E-state index is -0.0311. The molecule has 0 saturated carbocycles. The lowest BCUT2D eigenvalue weighted by molar-refractivity contribution is 0.104. The van der Waals surface area contributed by atoms with E-state index in [0.717, 1.165) is 37.6 Å². The first-order valence-electron chi connectivity index (χ1n) is 9.17. The van der Waals surface area contributed by atoms with Crippen LogP contribution in [0.25, 0.3) is 6.08 Å².